The van der Waals surface area contributed by atoms with E-state index in [0.29, 0.717) is 39.0 Å². The van der Waals surface area contributed by atoms with E-state index in [1.165, 1.54) is 0 Å². The van der Waals surface area contributed by atoms with E-state index in [1.54, 1.807) is 4.90 Å². The molecule has 0 spiro atoms. The summed E-state index contributed by atoms with van der Waals surface area (Å²) < 4.78 is 5.72. The molecule has 0 bridgehead atoms. The third kappa shape index (κ3) is 4.23. The van der Waals surface area contributed by atoms with Gasteiger partial charge in [-0.3, -0.25) is 9.59 Å². The quantitative estimate of drug-likeness (QED) is 0.901. The maximum absolute atomic E-state index is 12.1. The van der Waals surface area contributed by atoms with Crippen LogP contribution in [0.25, 0.3) is 0 Å². The number of rotatable bonds is 5. The molecule has 1 aliphatic heterocycles. The van der Waals surface area contributed by atoms with Crippen molar-refractivity contribution in [1.82, 2.24) is 4.90 Å². The number of carbonyl (C=O) groups excluding carboxylic acids is 2. The van der Waals surface area contributed by atoms with E-state index in [4.69, 9.17) is 10.5 Å². The first kappa shape index (κ1) is 16.3. The zero-order valence-electron chi connectivity index (χ0n) is 13.3. The molecule has 0 saturated carbocycles. The topological polar surface area (TPSA) is 72.6 Å². The van der Waals surface area contributed by atoms with Crippen molar-refractivity contribution in [3.63, 3.8) is 0 Å². The molecule has 0 unspecified atom stereocenters. The lowest BCUT2D eigenvalue weighted by molar-refractivity contribution is -0.135. The molecule has 2 amide bonds. The number of ether oxygens (including phenoxy) is 1. The summed E-state index contributed by atoms with van der Waals surface area (Å²) in [4.78, 5) is 25.1. The number of carbonyl (C=O) groups is 2. The molecule has 0 atom stereocenters. The summed E-state index contributed by atoms with van der Waals surface area (Å²) in [6, 6.07) is 6.04. The first-order valence-corrected chi connectivity index (χ1v) is 7.74. The van der Waals surface area contributed by atoms with Crippen LogP contribution in [0.15, 0.2) is 18.2 Å². The van der Waals surface area contributed by atoms with Crippen LogP contribution in [0.2, 0.25) is 0 Å². The molecule has 0 radical (unpaired) electrons. The Balaban J connectivity index is 1.76. The van der Waals surface area contributed by atoms with Gasteiger partial charge in [0, 0.05) is 19.0 Å². The lowest BCUT2D eigenvalue weighted by Crippen LogP contribution is -2.42. The van der Waals surface area contributed by atoms with Crippen molar-refractivity contribution in [1.29, 1.82) is 0 Å². The molecule has 5 heteroatoms. The fraction of sp³-hybridized carbons (Fsp3) is 0.529. The summed E-state index contributed by atoms with van der Waals surface area (Å²) >= 11 is 0. The van der Waals surface area contributed by atoms with E-state index in [-0.39, 0.29) is 17.7 Å². The van der Waals surface area contributed by atoms with Gasteiger partial charge in [0.1, 0.15) is 5.75 Å². The van der Waals surface area contributed by atoms with Crippen molar-refractivity contribution >= 4 is 11.8 Å². The Bertz CT molecular complexity index is 549. The fourth-order valence-corrected chi connectivity index (χ4v) is 2.68. The third-order valence-corrected chi connectivity index (χ3v) is 4.17. The number of amides is 2. The number of nitrogens with zero attached hydrogens (tertiary/aromatic N) is 1. The summed E-state index contributed by atoms with van der Waals surface area (Å²) in [5, 5.41) is 0. The minimum atomic E-state index is -0.259. The van der Waals surface area contributed by atoms with Gasteiger partial charge in [-0.15, -0.1) is 0 Å². The number of benzene rings is 1. The first-order chi connectivity index (χ1) is 10.5. The monoisotopic (exact) mass is 304 g/mol. The molecule has 0 aromatic heterocycles. The number of aryl methyl sites for hydroxylation is 2. The van der Waals surface area contributed by atoms with E-state index in [2.05, 4.69) is 0 Å². The maximum atomic E-state index is 12.1. The van der Waals surface area contributed by atoms with Gasteiger partial charge in [-0.25, -0.2) is 0 Å². The molecule has 1 aromatic rings. The van der Waals surface area contributed by atoms with E-state index < -0.39 is 0 Å². The maximum Gasteiger partial charge on any atom is 0.225 e. The van der Waals surface area contributed by atoms with Gasteiger partial charge in [0.25, 0.3) is 0 Å². The molecule has 1 saturated heterocycles. The van der Waals surface area contributed by atoms with Gasteiger partial charge in [0.2, 0.25) is 11.8 Å². The predicted molar refractivity (Wildman–Crippen MR) is 84.5 cm³/mol. The SMILES string of the molecule is Cc1ccc(C)c(OCCC(=O)N2CCC(C(N)=O)CC2)c1. The van der Waals surface area contributed by atoms with Crippen LogP contribution in [-0.4, -0.2) is 36.4 Å². The third-order valence-electron chi connectivity index (χ3n) is 4.17. The van der Waals surface area contributed by atoms with Gasteiger partial charge in [-0.2, -0.15) is 0 Å². The van der Waals surface area contributed by atoms with Crippen molar-refractivity contribution in [2.75, 3.05) is 19.7 Å². The molecule has 2 N–H and O–H groups in total. The number of piperidine rings is 1. The fourth-order valence-electron chi connectivity index (χ4n) is 2.68. The van der Waals surface area contributed by atoms with Crippen molar-refractivity contribution in [2.45, 2.75) is 33.1 Å². The van der Waals surface area contributed by atoms with Gasteiger partial charge >= 0.3 is 0 Å². The van der Waals surface area contributed by atoms with Crippen molar-refractivity contribution in [3.05, 3.63) is 29.3 Å². The molecule has 1 aromatic carbocycles. The van der Waals surface area contributed by atoms with Crippen LogP contribution >= 0.6 is 0 Å². The van der Waals surface area contributed by atoms with E-state index >= 15 is 0 Å². The average molecular weight is 304 g/mol. The zero-order chi connectivity index (χ0) is 16.1. The van der Waals surface area contributed by atoms with Gasteiger partial charge in [0.15, 0.2) is 0 Å². The molecule has 1 aliphatic rings. The molecule has 1 fully saturated rings. The molecule has 0 aliphatic carbocycles. The van der Waals surface area contributed by atoms with Crippen molar-refractivity contribution in [2.24, 2.45) is 11.7 Å². The molecule has 1 heterocycles. The lowest BCUT2D eigenvalue weighted by atomic mass is 9.96. The highest BCUT2D eigenvalue weighted by Crippen LogP contribution is 2.20. The minimum Gasteiger partial charge on any atom is -0.493 e. The molecular formula is C17H24N2O3. The van der Waals surface area contributed by atoms with Crippen LogP contribution in [0.1, 0.15) is 30.4 Å². The molecule has 2 rings (SSSR count). The number of hydrogen-bond donors (Lipinski definition) is 1. The lowest BCUT2D eigenvalue weighted by Gasteiger charge is -2.30. The molecule has 22 heavy (non-hydrogen) atoms. The highest BCUT2D eigenvalue weighted by atomic mass is 16.5. The molecule has 5 nitrogen and oxygen atoms in total. The standard InChI is InChI=1S/C17H24N2O3/c1-12-3-4-13(2)15(11-12)22-10-7-16(20)19-8-5-14(6-9-19)17(18)21/h3-4,11,14H,5-10H2,1-2H3,(H2,18,21). The van der Waals surface area contributed by atoms with Crippen LogP contribution < -0.4 is 10.5 Å². The Kier molecular flexibility index (Phi) is 5.41. The molecular weight excluding hydrogens is 280 g/mol. The van der Waals surface area contributed by atoms with Crippen LogP contribution in [0, 0.1) is 19.8 Å². The Hall–Kier alpha value is -2.04. The Labute approximate surface area is 131 Å². The smallest absolute Gasteiger partial charge is 0.225 e. The predicted octanol–water partition coefficient (Wildman–Crippen LogP) is 1.80. The summed E-state index contributed by atoms with van der Waals surface area (Å²) in [7, 11) is 0. The number of primary amides is 1. The van der Waals surface area contributed by atoms with Crippen molar-refractivity contribution in [3.8, 4) is 5.75 Å². The second kappa shape index (κ2) is 7.29. The number of nitrogens with two attached hydrogens (primary N) is 1. The van der Waals surface area contributed by atoms with Gasteiger partial charge in [0.05, 0.1) is 13.0 Å². The highest BCUT2D eigenvalue weighted by molar-refractivity contribution is 5.78. The number of hydrogen-bond acceptors (Lipinski definition) is 3. The van der Waals surface area contributed by atoms with Crippen molar-refractivity contribution < 1.29 is 14.3 Å². The van der Waals surface area contributed by atoms with Crippen LogP contribution in [0.5, 0.6) is 5.75 Å². The van der Waals surface area contributed by atoms with Gasteiger partial charge in [-0.05, 0) is 43.9 Å². The first-order valence-electron chi connectivity index (χ1n) is 7.74. The second-order valence-electron chi connectivity index (χ2n) is 5.92. The van der Waals surface area contributed by atoms with E-state index in [0.717, 1.165) is 16.9 Å². The van der Waals surface area contributed by atoms with Crippen LogP contribution in [-0.2, 0) is 9.59 Å². The Morgan fingerprint density at radius 2 is 1.95 bits per heavy atom. The van der Waals surface area contributed by atoms with Gasteiger partial charge < -0.3 is 15.4 Å². The normalized spacial score (nSPS) is 15.6. The minimum absolute atomic E-state index is 0.0771. The summed E-state index contributed by atoms with van der Waals surface area (Å²) in [5.41, 5.74) is 7.51. The van der Waals surface area contributed by atoms with E-state index in [9.17, 15) is 9.59 Å². The summed E-state index contributed by atoms with van der Waals surface area (Å²) in [6.07, 6.45) is 1.69. The second-order valence-corrected chi connectivity index (χ2v) is 5.92. The van der Waals surface area contributed by atoms with Gasteiger partial charge in [-0.1, -0.05) is 12.1 Å². The largest absolute Gasteiger partial charge is 0.493 e. The van der Waals surface area contributed by atoms with E-state index in [1.807, 2.05) is 32.0 Å². The summed E-state index contributed by atoms with van der Waals surface area (Å²) in [6.45, 7) is 5.59. The Morgan fingerprint density at radius 1 is 1.27 bits per heavy atom. The average Bonchev–Trinajstić information content (AvgIpc) is 2.50. The Morgan fingerprint density at radius 3 is 2.59 bits per heavy atom. The highest BCUT2D eigenvalue weighted by Gasteiger charge is 2.25. The van der Waals surface area contributed by atoms with Crippen LogP contribution in [0.4, 0.5) is 0 Å². The number of likely N-dealkylation sites (tertiary alicyclic amines) is 1. The zero-order valence-corrected chi connectivity index (χ0v) is 13.3. The summed E-state index contributed by atoms with van der Waals surface area (Å²) in [5.74, 6) is 0.564. The molecule has 120 valence electrons. The van der Waals surface area contributed by atoms with Crippen LogP contribution in [0.3, 0.4) is 0 Å².